The summed E-state index contributed by atoms with van der Waals surface area (Å²) in [7, 11) is 0. The Bertz CT molecular complexity index is 535. The summed E-state index contributed by atoms with van der Waals surface area (Å²) >= 11 is 1.38. The molecule has 0 aliphatic heterocycles. The molecule has 0 radical (unpaired) electrons. The molecule has 108 valence electrons. The number of rotatable bonds is 6. The number of nitrogens with zero attached hydrogens (tertiary/aromatic N) is 1. The van der Waals surface area contributed by atoms with E-state index >= 15 is 0 Å². The third-order valence-electron chi connectivity index (χ3n) is 2.60. The SMILES string of the molecule is CC(C)NCc1cc(F)c(OCc2nccs2)c(F)c1. The lowest BCUT2D eigenvalue weighted by atomic mass is 10.2. The summed E-state index contributed by atoms with van der Waals surface area (Å²) in [5.74, 6) is -1.74. The fraction of sp³-hybridized carbons (Fsp3) is 0.357. The lowest BCUT2D eigenvalue weighted by molar-refractivity contribution is 0.273. The number of benzene rings is 1. The Hall–Kier alpha value is -1.53. The molecule has 0 saturated heterocycles. The minimum Gasteiger partial charge on any atom is -0.480 e. The number of hydrogen-bond acceptors (Lipinski definition) is 4. The maximum atomic E-state index is 13.9. The van der Waals surface area contributed by atoms with Crippen LogP contribution in [0.3, 0.4) is 0 Å². The van der Waals surface area contributed by atoms with Gasteiger partial charge in [0.25, 0.3) is 0 Å². The first-order valence-electron chi connectivity index (χ1n) is 6.28. The average Bonchev–Trinajstić information content (AvgIpc) is 2.88. The highest BCUT2D eigenvalue weighted by molar-refractivity contribution is 7.09. The highest BCUT2D eigenvalue weighted by Gasteiger charge is 2.13. The monoisotopic (exact) mass is 298 g/mol. The summed E-state index contributed by atoms with van der Waals surface area (Å²) in [4.78, 5) is 4.00. The van der Waals surface area contributed by atoms with Crippen molar-refractivity contribution in [2.45, 2.75) is 33.0 Å². The van der Waals surface area contributed by atoms with E-state index in [9.17, 15) is 8.78 Å². The van der Waals surface area contributed by atoms with Crippen molar-refractivity contribution < 1.29 is 13.5 Å². The zero-order valence-electron chi connectivity index (χ0n) is 11.3. The van der Waals surface area contributed by atoms with Crippen LogP contribution in [-0.2, 0) is 13.2 Å². The van der Waals surface area contributed by atoms with Crippen LogP contribution in [0.2, 0.25) is 0 Å². The maximum absolute atomic E-state index is 13.9. The molecule has 0 spiro atoms. The van der Waals surface area contributed by atoms with Crippen LogP contribution in [0.15, 0.2) is 23.7 Å². The lowest BCUT2D eigenvalue weighted by Gasteiger charge is -2.11. The molecule has 6 heteroatoms. The van der Waals surface area contributed by atoms with E-state index in [0.29, 0.717) is 17.1 Å². The van der Waals surface area contributed by atoms with Crippen LogP contribution in [0.1, 0.15) is 24.4 Å². The van der Waals surface area contributed by atoms with Crippen molar-refractivity contribution in [2.75, 3.05) is 0 Å². The van der Waals surface area contributed by atoms with Crippen LogP contribution in [0, 0.1) is 11.6 Å². The molecule has 2 aromatic rings. The minimum absolute atomic E-state index is 0.0646. The Morgan fingerprint density at radius 2 is 2.00 bits per heavy atom. The normalized spacial score (nSPS) is 11.1. The van der Waals surface area contributed by atoms with Crippen LogP contribution in [0.5, 0.6) is 5.75 Å². The predicted octanol–water partition coefficient (Wildman–Crippen LogP) is 3.50. The molecule has 3 nitrogen and oxygen atoms in total. The van der Waals surface area contributed by atoms with E-state index in [0.717, 1.165) is 0 Å². The zero-order chi connectivity index (χ0) is 14.5. The molecule has 1 N–H and O–H groups in total. The number of thiazole rings is 1. The van der Waals surface area contributed by atoms with Crippen molar-refractivity contribution in [3.63, 3.8) is 0 Å². The van der Waals surface area contributed by atoms with Gasteiger partial charge in [-0.3, -0.25) is 0 Å². The molecule has 0 unspecified atom stereocenters. The second-order valence-corrected chi connectivity index (χ2v) is 5.62. The van der Waals surface area contributed by atoms with E-state index in [1.165, 1.54) is 23.5 Å². The van der Waals surface area contributed by atoms with Gasteiger partial charge in [0.2, 0.25) is 0 Å². The van der Waals surface area contributed by atoms with Crippen molar-refractivity contribution in [1.82, 2.24) is 10.3 Å². The van der Waals surface area contributed by atoms with E-state index < -0.39 is 11.6 Å². The van der Waals surface area contributed by atoms with Gasteiger partial charge in [-0.2, -0.15) is 0 Å². The van der Waals surface area contributed by atoms with Gasteiger partial charge in [0.1, 0.15) is 11.6 Å². The first-order valence-corrected chi connectivity index (χ1v) is 7.16. The molecule has 1 aromatic heterocycles. The number of halogens is 2. The molecular weight excluding hydrogens is 282 g/mol. The van der Waals surface area contributed by atoms with Crippen molar-refractivity contribution >= 4 is 11.3 Å². The Balaban J connectivity index is 2.06. The summed E-state index contributed by atoms with van der Waals surface area (Å²) in [5, 5.41) is 5.57. The van der Waals surface area contributed by atoms with Crippen molar-refractivity contribution in [3.8, 4) is 5.75 Å². The van der Waals surface area contributed by atoms with Gasteiger partial charge in [0.15, 0.2) is 17.4 Å². The predicted molar refractivity (Wildman–Crippen MR) is 74.8 cm³/mol. The van der Waals surface area contributed by atoms with Crippen LogP contribution >= 0.6 is 11.3 Å². The van der Waals surface area contributed by atoms with Gasteiger partial charge in [-0.25, -0.2) is 13.8 Å². The van der Waals surface area contributed by atoms with E-state index in [1.54, 1.807) is 11.6 Å². The molecule has 0 atom stereocenters. The minimum atomic E-state index is -0.692. The van der Waals surface area contributed by atoms with Crippen molar-refractivity contribution in [3.05, 3.63) is 45.9 Å². The fourth-order valence-corrected chi connectivity index (χ4v) is 2.16. The van der Waals surface area contributed by atoms with Gasteiger partial charge in [-0.1, -0.05) is 13.8 Å². The second kappa shape index (κ2) is 6.76. The molecule has 0 saturated carbocycles. The zero-order valence-corrected chi connectivity index (χ0v) is 12.1. The summed E-state index contributed by atoms with van der Waals surface area (Å²) in [6, 6.07) is 2.83. The smallest absolute Gasteiger partial charge is 0.191 e. The number of nitrogens with one attached hydrogen (secondary N) is 1. The largest absolute Gasteiger partial charge is 0.480 e. The average molecular weight is 298 g/mol. The summed E-state index contributed by atoms with van der Waals surface area (Å²) < 4.78 is 32.9. The summed E-state index contributed by atoms with van der Waals surface area (Å²) in [6.07, 6.45) is 1.62. The van der Waals surface area contributed by atoms with E-state index in [2.05, 4.69) is 10.3 Å². The van der Waals surface area contributed by atoms with Gasteiger partial charge in [-0.15, -0.1) is 11.3 Å². The van der Waals surface area contributed by atoms with Crippen LogP contribution in [0.25, 0.3) is 0 Å². The number of hydrogen-bond donors (Lipinski definition) is 1. The van der Waals surface area contributed by atoms with Crippen molar-refractivity contribution in [1.29, 1.82) is 0 Å². The Labute approximate surface area is 120 Å². The Morgan fingerprint density at radius 1 is 1.30 bits per heavy atom. The fourth-order valence-electron chi connectivity index (χ4n) is 1.63. The van der Waals surface area contributed by atoms with Crippen LogP contribution < -0.4 is 10.1 Å². The van der Waals surface area contributed by atoms with Gasteiger partial charge < -0.3 is 10.1 Å². The first-order chi connectivity index (χ1) is 9.56. The topological polar surface area (TPSA) is 34.1 Å². The Kier molecular flexibility index (Phi) is 5.03. The molecule has 1 heterocycles. The second-order valence-electron chi connectivity index (χ2n) is 4.64. The molecule has 0 amide bonds. The molecule has 0 aliphatic carbocycles. The lowest BCUT2D eigenvalue weighted by Crippen LogP contribution is -2.22. The van der Waals surface area contributed by atoms with Crippen LogP contribution in [-0.4, -0.2) is 11.0 Å². The first kappa shape index (κ1) is 14.9. The van der Waals surface area contributed by atoms with Gasteiger partial charge >= 0.3 is 0 Å². The van der Waals surface area contributed by atoms with E-state index in [4.69, 9.17) is 4.74 Å². The molecule has 0 fully saturated rings. The van der Waals surface area contributed by atoms with Gasteiger partial charge in [0, 0.05) is 24.2 Å². The van der Waals surface area contributed by atoms with Gasteiger partial charge in [0.05, 0.1) is 0 Å². The Morgan fingerprint density at radius 3 is 2.55 bits per heavy atom. The number of ether oxygens (including phenoxy) is 1. The highest BCUT2D eigenvalue weighted by Crippen LogP contribution is 2.24. The molecular formula is C14H16F2N2OS. The summed E-state index contributed by atoms with van der Waals surface area (Å²) in [6.45, 7) is 4.42. The third kappa shape index (κ3) is 3.98. The van der Waals surface area contributed by atoms with Crippen molar-refractivity contribution in [2.24, 2.45) is 0 Å². The quantitative estimate of drug-likeness (QED) is 0.886. The molecule has 2 rings (SSSR count). The standard InChI is InChI=1S/C14H16F2N2OS/c1-9(2)18-7-10-5-11(15)14(12(16)6-10)19-8-13-17-3-4-20-13/h3-6,9,18H,7-8H2,1-2H3. The highest BCUT2D eigenvalue weighted by atomic mass is 32.1. The third-order valence-corrected chi connectivity index (χ3v) is 3.35. The van der Waals surface area contributed by atoms with E-state index in [-0.39, 0.29) is 18.4 Å². The molecule has 0 bridgehead atoms. The summed E-state index contributed by atoms with van der Waals surface area (Å²) in [5.41, 5.74) is 0.551. The van der Waals surface area contributed by atoms with Gasteiger partial charge in [-0.05, 0) is 17.7 Å². The molecule has 0 aliphatic rings. The number of aromatic nitrogens is 1. The molecule has 20 heavy (non-hydrogen) atoms. The molecule has 1 aromatic carbocycles. The van der Waals surface area contributed by atoms with Crippen LogP contribution in [0.4, 0.5) is 8.78 Å². The van der Waals surface area contributed by atoms with E-state index in [1.807, 2.05) is 13.8 Å². The maximum Gasteiger partial charge on any atom is 0.191 e.